The largest absolute Gasteiger partial charge is 0.417 e. The average Bonchev–Trinajstić information content (AvgIpc) is 3.00. The van der Waals surface area contributed by atoms with Gasteiger partial charge in [-0.3, -0.25) is 19.0 Å². The molecule has 3 heterocycles. The van der Waals surface area contributed by atoms with Crippen LogP contribution in [0.3, 0.4) is 0 Å². The molecule has 0 spiro atoms. The molecule has 2 aromatic carbocycles. The van der Waals surface area contributed by atoms with Gasteiger partial charge in [-0.1, -0.05) is 35.8 Å². The minimum Gasteiger partial charge on any atom is -0.355 e. The number of benzene rings is 2. The summed E-state index contributed by atoms with van der Waals surface area (Å²) in [5.74, 6) is -0.529. The number of fused-ring (bicyclic) bond motifs is 1. The number of hydrogen-bond acceptors (Lipinski definition) is 5. The summed E-state index contributed by atoms with van der Waals surface area (Å²) in [6.07, 6.45) is -4.50. The predicted molar refractivity (Wildman–Crippen MR) is 163 cm³/mol. The number of hydrogen-bond donors (Lipinski definition) is 1. The predicted octanol–water partition coefficient (Wildman–Crippen LogP) is 6.15. The summed E-state index contributed by atoms with van der Waals surface area (Å²) in [4.78, 5) is 50.9. The number of rotatable bonds is 5. The Labute approximate surface area is 260 Å². The lowest BCUT2D eigenvalue weighted by atomic mass is 9.97. The average molecular weight is 669 g/mol. The van der Waals surface area contributed by atoms with Crippen LogP contribution in [0.1, 0.15) is 69.9 Å². The van der Waals surface area contributed by atoms with Crippen LogP contribution in [0.15, 0.2) is 69.9 Å². The van der Waals surface area contributed by atoms with Gasteiger partial charge in [-0.25, -0.2) is 9.97 Å². The molecule has 0 radical (unpaired) electrons. The molecule has 8 nitrogen and oxygen atoms in total. The molecule has 1 unspecified atom stereocenters. The van der Waals surface area contributed by atoms with Crippen LogP contribution >= 0.6 is 15.9 Å². The van der Waals surface area contributed by atoms with Crippen molar-refractivity contribution in [2.75, 3.05) is 7.05 Å². The van der Waals surface area contributed by atoms with E-state index in [0.717, 1.165) is 11.8 Å². The number of pyridine rings is 1. The van der Waals surface area contributed by atoms with Crippen molar-refractivity contribution < 1.29 is 22.8 Å². The third-order valence-corrected chi connectivity index (χ3v) is 8.29. The van der Waals surface area contributed by atoms with E-state index in [1.165, 1.54) is 28.6 Å². The summed E-state index contributed by atoms with van der Waals surface area (Å²) in [5, 5.41) is 2.57. The van der Waals surface area contributed by atoms with Gasteiger partial charge in [0.05, 0.1) is 23.5 Å². The molecule has 1 N–H and O–H groups in total. The fourth-order valence-corrected chi connectivity index (χ4v) is 5.66. The van der Waals surface area contributed by atoms with E-state index in [2.05, 4.69) is 21.2 Å². The highest BCUT2D eigenvalue weighted by atomic mass is 79.9. The minimum absolute atomic E-state index is 0.0741. The van der Waals surface area contributed by atoms with Crippen LogP contribution < -0.4 is 10.9 Å². The summed E-state index contributed by atoms with van der Waals surface area (Å²) in [7, 11) is 1.53. The highest BCUT2D eigenvalue weighted by Crippen LogP contribution is 2.36. The van der Waals surface area contributed by atoms with Gasteiger partial charge in [0, 0.05) is 39.9 Å². The highest BCUT2D eigenvalue weighted by Gasteiger charge is 2.36. The second kappa shape index (κ2) is 12.0. The van der Waals surface area contributed by atoms with E-state index in [1.807, 2.05) is 26.0 Å². The van der Waals surface area contributed by atoms with Gasteiger partial charge < -0.3 is 10.2 Å². The van der Waals surface area contributed by atoms with Gasteiger partial charge in [0.1, 0.15) is 5.69 Å². The third kappa shape index (κ3) is 5.90. The molecule has 0 aliphatic carbocycles. The van der Waals surface area contributed by atoms with Crippen molar-refractivity contribution in [2.24, 2.45) is 0 Å². The maximum Gasteiger partial charge on any atom is 0.417 e. The topological polar surface area (TPSA) is 97.2 Å². The molecule has 0 fully saturated rings. The fraction of sp³-hybridized carbons (Fsp3) is 0.281. The van der Waals surface area contributed by atoms with Crippen LogP contribution in [0.5, 0.6) is 0 Å². The first-order valence-corrected chi connectivity index (χ1v) is 14.7. The minimum atomic E-state index is -4.65. The lowest BCUT2D eigenvalue weighted by Gasteiger charge is -2.34. The zero-order chi connectivity index (χ0) is 31.9. The smallest absolute Gasteiger partial charge is 0.355 e. The summed E-state index contributed by atoms with van der Waals surface area (Å²) in [5.41, 5.74) is 1.44. The molecule has 2 amide bonds. The molecular formula is C32H29BrF3N5O3. The molecule has 2 aromatic heterocycles. The standard InChI is InChI=1S/C32H29BrF3N5O3/c1-17(2)25-6-5-7-26(38-25)28-39-27-16-40(30(43)20-10-13-24(33)23(15-20)32(34,35)36)18(3)14-22(27)31(44)41(28)21-11-8-19(9-12-21)29(42)37-4/h5-13,15,17-18H,14,16H2,1-4H3,(H,37,42). The summed E-state index contributed by atoms with van der Waals surface area (Å²) in [6, 6.07) is 14.8. The second-order valence-electron chi connectivity index (χ2n) is 10.9. The molecule has 228 valence electrons. The first-order chi connectivity index (χ1) is 20.8. The molecule has 1 aliphatic rings. The van der Waals surface area contributed by atoms with E-state index in [-0.39, 0.29) is 46.2 Å². The quantitative estimate of drug-likeness (QED) is 0.276. The third-order valence-electron chi connectivity index (χ3n) is 7.60. The lowest BCUT2D eigenvalue weighted by molar-refractivity contribution is -0.138. The number of aromatic nitrogens is 3. The summed E-state index contributed by atoms with van der Waals surface area (Å²) in [6.45, 7) is 5.66. The van der Waals surface area contributed by atoms with E-state index in [4.69, 9.17) is 9.97 Å². The van der Waals surface area contributed by atoms with Gasteiger partial charge in [0.25, 0.3) is 17.4 Å². The Hall–Kier alpha value is -4.32. The number of carbonyl (C=O) groups is 2. The molecule has 44 heavy (non-hydrogen) atoms. The molecule has 1 atom stereocenters. The van der Waals surface area contributed by atoms with Crippen LogP contribution in [0.4, 0.5) is 13.2 Å². The number of carbonyl (C=O) groups excluding carboxylic acids is 2. The van der Waals surface area contributed by atoms with E-state index in [9.17, 15) is 27.6 Å². The van der Waals surface area contributed by atoms with E-state index < -0.39 is 23.7 Å². The van der Waals surface area contributed by atoms with Crippen LogP contribution in [-0.2, 0) is 19.1 Å². The second-order valence-corrected chi connectivity index (χ2v) is 11.8. The summed E-state index contributed by atoms with van der Waals surface area (Å²) >= 11 is 2.92. The van der Waals surface area contributed by atoms with Crippen molar-refractivity contribution >= 4 is 27.7 Å². The highest BCUT2D eigenvalue weighted by molar-refractivity contribution is 9.10. The van der Waals surface area contributed by atoms with Crippen molar-refractivity contribution in [2.45, 2.75) is 51.9 Å². The Bertz CT molecular complexity index is 1820. The van der Waals surface area contributed by atoms with Crippen LogP contribution in [0, 0.1) is 0 Å². The number of alkyl halides is 3. The molecule has 0 saturated heterocycles. The van der Waals surface area contributed by atoms with E-state index >= 15 is 0 Å². The summed E-state index contributed by atoms with van der Waals surface area (Å²) < 4.78 is 42.0. The monoisotopic (exact) mass is 667 g/mol. The number of nitrogens with zero attached hydrogens (tertiary/aromatic N) is 4. The number of halogens is 4. The van der Waals surface area contributed by atoms with Crippen LogP contribution in [0.2, 0.25) is 0 Å². The van der Waals surface area contributed by atoms with Crippen molar-refractivity contribution in [1.82, 2.24) is 24.8 Å². The zero-order valence-electron chi connectivity index (χ0n) is 24.4. The normalized spacial score (nSPS) is 14.8. The maximum atomic E-state index is 14.2. The lowest BCUT2D eigenvalue weighted by Crippen LogP contribution is -2.46. The molecule has 1 aliphatic heterocycles. The Morgan fingerprint density at radius 2 is 1.70 bits per heavy atom. The Balaban J connectivity index is 1.63. The van der Waals surface area contributed by atoms with Crippen molar-refractivity contribution in [3.05, 3.63) is 109 Å². The van der Waals surface area contributed by atoms with Gasteiger partial charge in [-0.2, -0.15) is 13.2 Å². The Morgan fingerprint density at radius 3 is 2.34 bits per heavy atom. The molecule has 4 aromatic rings. The fourth-order valence-electron chi connectivity index (χ4n) is 5.19. The first kappa shape index (κ1) is 31.1. The first-order valence-electron chi connectivity index (χ1n) is 13.9. The number of amides is 2. The molecule has 0 saturated carbocycles. The molecule has 5 rings (SSSR count). The van der Waals surface area contributed by atoms with Gasteiger partial charge in [0.2, 0.25) is 0 Å². The van der Waals surface area contributed by atoms with E-state index in [0.29, 0.717) is 28.2 Å². The Kier molecular flexibility index (Phi) is 8.48. The van der Waals surface area contributed by atoms with Crippen LogP contribution in [-0.4, -0.2) is 44.3 Å². The van der Waals surface area contributed by atoms with E-state index in [1.54, 1.807) is 37.3 Å². The van der Waals surface area contributed by atoms with Crippen LogP contribution in [0.25, 0.3) is 17.2 Å². The molecule has 12 heteroatoms. The molecule has 0 bridgehead atoms. The maximum absolute atomic E-state index is 14.2. The van der Waals surface area contributed by atoms with Crippen molar-refractivity contribution in [1.29, 1.82) is 0 Å². The van der Waals surface area contributed by atoms with Gasteiger partial charge >= 0.3 is 6.18 Å². The zero-order valence-corrected chi connectivity index (χ0v) is 26.0. The van der Waals surface area contributed by atoms with Gasteiger partial charge in [0.15, 0.2) is 5.82 Å². The van der Waals surface area contributed by atoms with Gasteiger partial charge in [-0.15, -0.1) is 0 Å². The van der Waals surface area contributed by atoms with Crippen molar-refractivity contribution in [3.63, 3.8) is 0 Å². The Morgan fingerprint density at radius 1 is 1.02 bits per heavy atom. The van der Waals surface area contributed by atoms with Crippen molar-refractivity contribution in [3.8, 4) is 17.2 Å². The van der Waals surface area contributed by atoms with Gasteiger partial charge in [-0.05, 0) is 73.9 Å². The SMILES string of the molecule is CNC(=O)c1ccc(-n2c(-c3cccc(C(C)C)n3)nc3c(c2=O)CC(C)N(C(=O)c2ccc(Br)c(C(F)(F)F)c2)C3)cc1. The molecular weight excluding hydrogens is 639 g/mol. The number of nitrogens with one attached hydrogen (secondary N) is 1.